The van der Waals surface area contributed by atoms with E-state index in [-0.39, 0.29) is 11.4 Å². The monoisotopic (exact) mass is 169 g/mol. The first kappa shape index (κ1) is 10.1. The first-order valence-corrected chi connectivity index (χ1v) is 3.08. The molecule has 66 valence electrons. The maximum absolute atomic E-state index is 11.9. The van der Waals surface area contributed by atoms with Crippen LogP contribution in [0.4, 0.5) is 13.2 Å². The van der Waals surface area contributed by atoms with Crippen molar-refractivity contribution in [1.82, 2.24) is 4.90 Å². The molecule has 0 aromatic rings. The Balaban J connectivity index is 4.22. The molecule has 0 saturated carbocycles. The Morgan fingerprint density at radius 3 is 2.09 bits per heavy atom. The average Bonchev–Trinajstić information content (AvgIpc) is 1.79. The average molecular weight is 169 g/mol. The van der Waals surface area contributed by atoms with Crippen molar-refractivity contribution in [1.29, 1.82) is 5.41 Å². The molecule has 0 rings (SSSR count). The van der Waals surface area contributed by atoms with Gasteiger partial charge in [-0.05, 0) is 6.42 Å². The van der Waals surface area contributed by atoms with Gasteiger partial charge >= 0.3 is 6.30 Å². The van der Waals surface area contributed by atoms with Gasteiger partial charge in [-0.25, -0.2) is 0 Å². The van der Waals surface area contributed by atoms with E-state index in [2.05, 4.69) is 0 Å². The van der Waals surface area contributed by atoms with E-state index in [1.165, 1.54) is 0 Å². The fraction of sp³-hybridized carbons (Fsp3) is 0.800. The zero-order valence-electron chi connectivity index (χ0n) is 6.07. The van der Waals surface area contributed by atoms with Crippen LogP contribution in [-0.2, 0) is 0 Å². The number of rotatable bonds is 2. The van der Waals surface area contributed by atoms with E-state index in [4.69, 9.17) is 11.1 Å². The van der Waals surface area contributed by atoms with Crippen LogP contribution in [-0.4, -0.2) is 23.7 Å². The van der Waals surface area contributed by atoms with Crippen LogP contribution in [0, 0.1) is 5.41 Å². The predicted molar refractivity (Wildman–Crippen MR) is 35.0 cm³/mol. The molecule has 0 aliphatic heterocycles. The molecule has 0 heterocycles. The van der Waals surface area contributed by atoms with Crippen LogP contribution in [0.1, 0.15) is 13.3 Å². The van der Waals surface area contributed by atoms with Gasteiger partial charge in [0.05, 0.1) is 0 Å². The van der Waals surface area contributed by atoms with Crippen LogP contribution >= 0.6 is 0 Å². The summed E-state index contributed by atoms with van der Waals surface area (Å²) in [5, 5.41) is 6.59. The van der Waals surface area contributed by atoms with Crippen molar-refractivity contribution >= 4 is 5.96 Å². The molecule has 0 atom stereocenters. The normalized spacial score (nSPS) is 11.3. The number of alkyl halides is 3. The van der Waals surface area contributed by atoms with E-state index in [1.807, 2.05) is 0 Å². The van der Waals surface area contributed by atoms with E-state index in [1.54, 1.807) is 6.92 Å². The molecule has 3 N–H and O–H groups in total. The zero-order valence-corrected chi connectivity index (χ0v) is 6.07. The molecule has 0 aliphatic carbocycles. The second-order valence-corrected chi connectivity index (χ2v) is 2.00. The van der Waals surface area contributed by atoms with Crippen molar-refractivity contribution in [3.63, 3.8) is 0 Å². The highest BCUT2D eigenvalue weighted by Crippen LogP contribution is 2.20. The quantitative estimate of drug-likeness (QED) is 0.369. The molecule has 0 unspecified atom stereocenters. The minimum absolute atomic E-state index is 0.104. The van der Waals surface area contributed by atoms with Crippen molar-refractivity contribution in [3.05, 3.63) is 0 Å². The Morgan fingerprint density at radius 1 is 1.55 bits per heavy atom. The summed E-state index contributed by atoms with van der Waals surface area (Å²) in [5.74, 6) is -0.959. The highest BCUT2D eigenvalue weighted by molar-refractivity contribution is 5.74. The Labute approximate surface area is 62.5 Å². The minimum atomic E-state index is -4.53. The van der Waals surface area contributed by atoms with Gasteiger partial charge in [0.15, 0.2) is 5.96 Å². The van der Waals surface area contributed by atoms with E-state index >= 15 is 0 Å². The largest absolute Gasteiger partial charge is 0.487 e. The molecule has 3 nitrogen and oxygen atoms in total. The van der Waals surface area contributed by atoms with Gasteiger partial charge in [-0.1, -0.05) is 6.92 Å². The molecule has 0 saturated heterocycles. The maximum atomic E-state index is 11.9. The first-order valence-electron chi connectivity index (χ1n) is 3.08. The van der Waals surface area contributed by atoms with Crippen LogP contribution < -0.4 is 5.73 Å². The molecular formula is C5H10F3N3. The highest BCUT2D eigenvalue weighted by Gasteiger charge is 2.37. The number of nitrogens with zero attached hydrogens (tertiary/aromatic N) is 1. The van der Waals surface area contributed by atoms with Crippen LogP contribution in [0.2, 0.25) is 0 Å². The smallest absolute Gasteiger partial charge is 0.370 e. The third-order valence-corrected chi connectivity index (χ3v) is 1.04. The molecule has 0 aromatic carbocycles. The number of nitrogens with two attached hydrogens (primary N) is 1. The summed E-state index contributed by atoms with van der Waals surface area (Å²) in [5.41, 5.74) is 4.70. The lowest BCUT2D eigenvalue weighted by molar-refractivity contribution is -0.218. The molecule has 6 heteroatoms. The minimum Gasteiger partial charge on any atom is -0.370 e. The van der Waals surface area contributed by atoms with Gasteiger partial charge in [0.2, 0.25) is 0 Å². The van der Waals surface area contributed by atoms with E-state index < -0.39 is 12.3 Å². The van der Waals surface area contributed by atoms with E-state index in [9.17, 15) is 13.2 Å². The van der Waals surface area contributed by atoms with Gasteiger partial charge in [0.25, 0.3) is 0 Å². The van der Waals surface area contributed by atoms with Gasteiger partial charge in [0.1, 0.15) is 0 Å². The second-order valence-electron chi connectivity index (χ2n) is 2.00. The van der Waals surface area contributed by atoms with E-state index in [0.717, 1.165) is 0 Å². The fourth-order valence-corrected chi connectivity index (χ4v) is 0.607. The Kier molecular flexibility index (Phi) is 3.16. The molecule has 0 spiro atoms. The van der Waals surface area contributed by atoms with Gasteiger partial charge in [-0.3, -0.25) is 10.3 Å². The Bertz CT molecular complexity index is 142. The molecule has 11 heavy (non-hydrogen) atoms. The molecule has 0 aromatic heterocycles. The fourth-order valence-electron chi connectivity index (χ4n) is 0.607. The molecule has 0 amide bonds. The molecule has 0 bridgehead atoms. The third-order valence-electron chi connectivity index (χ3n) is 1.04. The third kappa shape index (κ3) is 3.10. The molecule has 0 aliphatic rings. The lowest BCUT2D eigenvalue weighted by Gasteiger charge is -2.23. The lowest BCUT2D eigenvalue weighted by atomic mass is 10.4. The number of halogens is 3. The maximum Gasteiger partial charge on any atom is 0.487 e. The summed E-state index contributed by atoms with van der Waals surface area (Å²) < 4.78 is 35.6. The SMILES string of the molecule is CCCN(C(=N)N)C(F)(F)F. The summed E-state index contributed by atoms with van der Waals surface area (Å²) in [6, 6.07) is 0. The van der Waals surface area contributed by atoms with Crippen LogP contribution in [0.15, 0.2) is 0 Å². The summed E-state index contributed by atoms with van der Waals surface area (Å²) in [7, 11) is 0. The Hall–Kier alpha value is -0.940. The number of hydrogen-bond donors (Lipinski definition) is 2. The standard InChI is InChI=1S/C5H10F3N3/c1-2-3-11(4(9)10)5(6,7)8/h2-3H2,1H3,(H3,9,10). The van der Waals surface area contributed by atoms with Gasteiger partial charge in [0, 0.05) is 6.54 Å². The summed E-state index contributed by atoms with van der Waals surface area (Å²) in [4.78, 5) is -0.104. The summed E-state index contributed by atoms with van der Waals surface area (Å²) >= 11 is 0. The van der Waals surface area contributed by atoms with Crippen molar-refractivity contribution in [2.45, 2.75) is 19.6 Å². The zero-order chi connectivity index (χ0) is 9.07. The number of hydrogen-bond acceptors (Lipinski definition) is 1. The molecular weight excluding hydrogens is 159 g/mol. The van der Waals surface area contributed by atoms with Crippen molar-refractivity contribution in [3.8, 4) is 0 Å². The highest BCUT2D eigenvalue weighted by atomic mass is 19.4. The van der Waals surface area contributed by atoms with Gasteiger partial charge in [-0.2, -0.15) is 0 Å². The van der Waals surface area contributed by atoms with E-state index in [0.29, 0.717) is 6.42 Å². The Morgan fingerprint density at radius 2 is 2.00 bits per heavy atom. The van der Waals surface area contributed by atoms with Crippen molar-refractivity contribution < 1.29 is 13.2 Å². The van der Waals surface area contributed by atoms with Crippen LogP contribution in [0.25, 0.3) is 0 Å². The second kappa shape index (κ2) is 3.45. The summed E-state index contributed by atoms with van der Waals surface area (Å²) in [6.45, 7) is 1.32. The topological polar surface area (TPSA) is 53.1 Å². The lowest BCUT2D eigenvalue weighted by Crippen LogP contribution is -2.46. The molecule has 0 fully saturated rings. The van der Waals surface area contributed by atoms with Gasteiger partial charge in [-0.15, -0.1) is 13.2 Å². The first-order chi connectivity index (χ1) is 4.89. The number of nitrogens with one attached hydrogen (secondary N) is 1. The predicted octanol–water partition coefficient (Wildman–Crippen LogP) is 1.11. The summed E-state index contributed by atoms with van der Waals surface area (Å²) in [6.07, 6.45) is -4.22. The molecule has 0 radical (unpaired) electrons. The van der Waals surface area contributed by atoms with Crippen molar-refractivity contribution in [2.24, 2.45) is 5.73 Å². The van der Waals surface area contributed by atoms with Gasteiger partial charge < -0.3 is 5.73 Å². The van der Waals surface area contributed by atoms with Crippen LogP contribution in [0.5, 0.6) is 0 Å². The number of guanidine groups is 1. The van der Waals surface area contributed by atoms with Crippen LogP contribution in [0.3, 0.4) is 0 Å². The van der Waals surface area contributed by atoms with Crippen molar-refractivity contribution in [2.75, 3.05) is 6.54 Å².